The molecule has 0 aromatic heterocycles. The molecule has 1 saturated carbocycles. The predicted molar refractivity (Wildman–Crippen MR) is 43.0 cm³/mol. The van der Waals surface area contributed by atoms with Crippen LogP contribution in [0, 0.1) is 0 Å². The van der Waals surface area contributed by atoms with Gasteiger partial charge in [0.1, 0.15) is 0 Å². The molecule has 1 aliphatic heterocycles. The normalized spacial score (nSPS) is 43.9. The number of hydrogen-bond acceptors (Lipinski definition) is 2. The van der Waals surface area contributed by atoms with E-state index in [1.54, 1.807) is 0 Å². The highest BCUT2D eigenvalue weighted by Gasteiger charge is 2.38. The Bertz CT molecular complexity index is 195. The van der Waals surface area contributed by atoms with Gasteiger partial charge in [-0.3, -0.25) is 9.98 Å². The highest BCUT2D eigenvalue weighted by Crippen LogP contribution is 2.36. The van der Waals surface area contributed by atoms with Crippen molar-refractivity contribution in [3.8, 4) is 0 Å². The van der Waals surface area contributed by atoms with Crippen molar-refractivity contribution in [1.82, 2.24) is 0 Å². The van der Waals surface area contributed by atoms with Crippen LogP contribution in [0.15, 0.2) is 9.98 Å². The summed E-state index contributed by atoms with van der Waals surface area (Å²) in [5.74, 6) is 0. The van der Waals surface area contributed by atoms with Crippen molar-refractivity contribution in [3.05, 3.63) is 0 Å². The Hall–Kier alpha value is -0.660. The molecule has 0 aromatic rings. The minimum atomic E-state index is 0.161. The summed E-state index contributed by atoms with van der Waals surface area (Å²) < 4.78 is 0. The highest BCUT2D eigenvalue weighted by atomic mass is 15.0. The average Bonchev–Trinajstić information content (AvgIpc) is 2.29. The van der Waals surface area contributed by atoms with Crippen LogP contribution in [-0.4, -0.2) is 24.0 Å². The summed E-state index contributed by atoms with van der Waals surface area (Å²) in [7, 11) is 0. The van der Waals surface area contributed by atoms with E-state index in [0.29, 0.717) is 6.04 Å². The molecule has 2 heteroatoms. The lowest BCUT2D eigenvalue weighted by atomic mass is 9.96. The fourth-order valence-electron chi connectivity index (χ4n) is 1.86. The van der Waals surface area contributed by atoms with E-state index in [0.717, 1.165) is 0 Å². The van der Waals surface area contributed by atoms with Gasteiger partial charge in [0.2, 0.25) is 0 Å². The molecule has 2 unspecified atom stereocenters. The maximum atomic E-state index is 4.45. The van der Waals surface area contributed by atoms with Gasteiger partial charge in [-0.25, -0.2) is 0 Å². The van der Waals surface area contributed by atoms with Gasteiger partial charge in [0.05, 0.1) is 11.6 Å². The van der Waals surface area contributed by atoms with Gasteiger partial charge in [-0.05, 0) is 26.2 Å². The molecule has 2 nitrogen and oxygen atoms in total. The fraction of sp³-hybridized carbons (Fsp3) is 0.750. The molecule has 2 rings (SSSR count). The summed E-state index contributed by atoms with van der Waals surface area (Å²) in [5, 5.41) is 0. The summed E-state index contributed by atoms with van der Waals surface area (Å²) in [6.45, 7) is 2.21. The Morgan fingerprint density at radius 1 is 1.50 bits per heavy atom. The summed E-state index contributed by atoms with van der Waals surface area (Å²) in [5.41, 5.74) is 0.161. The Balaban J connectivity index is 2.30. The first-order valence-corrected chi connectivity index (χ1v) is 3.88. The lowest BCUT2D eigenvalue weighted by Crippen LogP contribution is -2.32. The number of fused-ring (bicyclic) bond motifs is 1. The van der Waals surface area contributed by atoms with E-state index < -0.39 is 0 Å². The molecule has 2 atom stereocenters. The van der Waals surface area contributed by atoms with E-state index in [2.05, 4.69) is 16.9 Å². The van der Waals surface area contributed by atoms with Crippen LogP contribution in [-0.2, 0) is 0 Å². The number of nitrogens with zero attached hydrogens (tertiary/aromatic N) is 2. The summed E-state index contributed by atoms with van der Waals surface area (Å²) in [6.07, 6.45) is 7.39. The standard InChI is InChI=1S/C8H12N2/c1-8-4-2-3-7(8)9-5-6-10-8/h5-7H,2-4H2,1H3. The molecule has 0 N–H and O–H groups in total. The summed E-state index contributed by atoms with van der Waals surface area (Å²) >= 11 is 0. The summed E-state index contributed by atoms with van der Waals surface area (Å²) in [6, 6.07) is 0.484. The lowest BCUT2D eigenvalue weighted by molar-refractivity contribution is 0.433. The molecular formula is C8H12N2. The van der Waals surface area contributed by atoms with Crippen molar-refractivity contribution < 1.29 is 0 Å². The molecule has 1 fully saturated rings. The fourth-order valence-corrected chi connectivity index (χ4v) is 1.86. The third-order valence-electron chi connectivity index (χ3n) is 2.58. The lowest BCUT2D eigenvalue weighted by Gasteiger charge is -2.25. The zero-order valence-corrected chi connectivity index (χ0v) is 6.25. The molecule has 54 valence electrons. The Kier molecular flexibility index (Phi) is 1.16. The van der Waals surface area contributed by atoms with E-state index in [9.17, 15) is 0 Å². The van der Waals surface area contributed by atoms with Crippen molar-refractivity contribution in [2.75, 3.05) is 0 Å². The third kappa shape index (κ3) is 0.713. The van der Waals surface area contributed by atoms with Crippen LogP contribution in [0.3, 0.4) is 0 Å². The van der Waals surface area contributed by atoms with Gasteiger partial charge in [-0.15, -0.1) is 0 Å². The minimum absolute atomic E-state index is 0.161. The highest BCUT2D eigenvalue weighted by molar-refractivity contribution is 6.16. The zero-order chi connectivity index (χ0) is 7.03. The second-order valence-corrected chi connectivity index (χ2v) is 3.34. The van der Waals surface area contributed by atoms with Gasteiger partial charge in [-0.2, -0.15) is 0 Å². The number of rotatable bonds is 0. The van der Waals surface area contributed by atoms with Crippen LogP contribution in [0.5, 0.6) is 0 Å². The molecule has 1 aliphatic carbocycles. The number of hydrogen-bond donors (Lipinski definition) is 0. The van der Waals surface area contributed by atoms with Crippen LogP contribution in [0.4, 0.5) is 0 Å². The molecular weight excluding hydrogens is 124 g/mol. The Morgan fingerprint density at radius 3 is 3.20 bits per heavy atom. The van der Waals surface area contributed by atoms with Crippen molar-refractivity contribution >= 4 is 12.4 Å². The quantitative estimate of drug-likeness (QED) is 0.481. The van der Waals surface area contributed by atoms with Gasteiger partial charge in [-0.1, -0.05) is 0 Å². The second kappa shape index (κ2) is 1.91. The molecule has 0 spiro atoms. The molecule has 0 amide bonds. The average molecular weight is 136 g/mol. The first-order valence-electron chi connectivity index (χ1n) is 3.88. The second-order valence-electron chi connectivity index (χ2n) is 3.34. The molecule has 0 saturated heterocycles. The van der Waals surface area contributed by atoms with E-state index in [1.807, 2.05) is 12.4 Å². The van der Waals surface area contributed by atoms with Crippen LogP contribution in [0.2, 0.25) is 0 Å². The largest absolute Gasteiger partial charge is 0.286 e. The molecule has 0 bridgehead atoms. The molecule has 2 aliphatic rings. The number of aliphatic imine (C=N–C) groups is 2. The van der Waals surface area contributed by atoms with Crippen molar-refractivity contribution in [2.45, 2.75) is 37.8 Å². The van der Waals surface area contributed by atoms with Crippen molar-refractivity contribution in [3.63, 3.8) is 0 Å². The maximum Gasteiger partial charge on any atom is 0.0803 e. The zero-order valence-electron chi connectivity index (χ0n) is 6.25. The van der Waals surface area contributed by atoms with E-state index >= 15 is 0 Å². The third-order valence-corrected chi connectivity index (χ3v) is 2.58. The van der Waals surface area contributed by atoms with Crippen LogP contribution >= 0.6 is 0 Å². The van der Waals surface area contributed by atoms with Gasteiger partial charge in [0.15, 0.2) is 0 Å². The molecule has 1 heterocycles. The molecule has 0 radical (unpaired) electrons. The van der Waals surface area contributed by atoms with Gasteiger partial charge >= 0.3 is 0 Å². The monoisotopic (exact) mass is 136 g/mol. The molecule has 0 aromatic carbocycles. The van der Waals surface area contributed by atoms with E-state index in [1.165, 1.54) is 19.3 Å². The predicted octanol–water partition coefficient (Wildman–Crippen LogP) is 1.45. The molecule has 10 heavy (non-hydrogen) atoms. The SMILES string of the molecule is CC12CCCC1N=CC=N2. The summed E-state index contributed by atoms with van der Waals surface area (Å²) in [4.78, 5) is 8.84. The van der Waals surface area contributed by atoms with Crippen LogP contribution < -0.4 is 0 Å². The van der Waals surface area contributed by atoms with Crippen molar-refractivity contribution in [1.29, 1.82) is 0 Å². The van der Waals surface area contributed by atoms with Crippen LogP contribution in [0.25, 0.3) is 0 Å². The maximum absolute atomic E-state index is 4.45. The Morgan fingerprint density at radius 2 is 2.40 bits per heavy atom. The van der Waals surface area contributed by atoms with Gasteiger partial charge in [0, 0.05) is 12.4 Å². The van der Waals surface area contributed by atoms with Crippen LogP contribution in [0.1, 0.15) is 26.2 Å². The van der Waals surface area contributed by atoms with Gasteiger partial charge < -0.3 is 0 Å². The topological polar surface area (TPSA) is 24.7 Å². The first kappa shape index (κ1) is 6.08. The first-order chi connectivity index (χ1) is 4.81. The Labute approximate surface area is 61.1 Å². The van der Waals surface area contributed by atoms with Crippen molar-refractivity contribution in [2.24, 2.45) is 9.98 Å². The van der Waals surface area contributed by atoms with E-state index in [-0.39, 0.29) is 5.54 Å². The smallest absolute Gasteiger partial charge is 0.0803 e. The minimum Gasteiger partial charge on any atom is -0.286 e. The van der Waals surface area contributed by atoms with E-state index in [4.69, 9.17) is 0 Å². The van der Waals surface area contributed by atoms with Gasteiger partial charge in [0.25, 0.3) is 0 Å².